The number of amides is 1. The average molecular weight is 282 g/mol. The van der Waals surface area contributed by atoms with Crippen molar-refractivity contribution in [2.45, 2.75) is 19.4 Å². The normalized spacial score (nSPS) is 19.8. The fourth-order valence-electron chi connectivity index (χ4n) is 2.13. The van der Waals surface area contributed by atoms with E-state index in [4.69, 9.17) is 9.63 Å². The van der Waals surface area contributed by atoms with E-state index in [9.17, 15) is 9.59 Å². The Labute approximate surface area is 116 Å². The monoisotopic (exact) mass is 282 g/mol. The molecule has 1 aromatic heterocycles. The molecule has 1 saturated heterocycles. The van der Waals surface area contributed by atoms with Gasteiger partial charge >= 0.3 is 5.97 Å². The van der Waals surface area contributed by atoms with Crippen molar-refractivity contribution in [3.63, 3.8) is 0 Å². The molecule has 1 amide bonds. The third kappa shape index (κ3) is 3.78. The number of aryl methyl sites for hydroxylation is 1. The molecule has 2 rings (SSSR count). The first-order valence-corrected chi connectivity index (χ1v) is 6.47. The summed E-state index contributed by atoms with van der Waals surface area (Å²) in [6.07, 6.45) is 0.218. The maximum absolute atomic E-state index is 11.8. The van der Waals surface area contributed by atoms with Crippen molar-refractivity contribution >= 4 is 17.7 Å². The SMILES string of the molecule is Cc1cc(NC(=O)CCN2CCNCC2C(=O)O)no1. The number of nitrogens with one attached hydrogen (secondary N) is 2. The smallest absolute Gasteiger partial charge is 0.322 e. The van der Waals surface area contributed by atoms with Gasteiger partial charge in [-0.3, -0.25) is 14.5 Å². The first kappa shape index (κ1) is 14.5. The van der Waals surface area contributed by atoms with E-state index in [0.29, 0.717) is 31.2 Å². The Bertz CT molecular complexity index is 488. The van der Waals surface area contributed by atoms with Crippen LogP contribution in [0.5, 0.6) is 0 Å². The number of anilines is 1. The van der Waals surface area contributed by atoms with Gasteiger partial charge in [-0.2, -0.15) is 0 Å². The van der Waals surface area contributed by atoms with Gasteiger partial charge in [0.15, 0.2) is 5.82 Å². The molecule has 1 aliphatic rings. The van der Waals surface area contributed by atoms with Gasteiger partial charge in [-0.05, 0) is 6.92 Å². The van der Waals surface area contributed by atoms with E-state index in [-0.39, 0.29) is 12.3 Å². The quantitative estimate of drug-likeness (QED) is 0.678. The van der Waals surface area contributed by atoms with Gasteiger partial charge in [0.05, 0.1) is 0 Å². The van der Waals surface area contributed by atoms with E-state index in [1.54, 1.807) is 17.9 Å². The number of carboxylic acid groups (broad SMARTS) is 1. The molecule has 1 aliphatic heterocycles. The van der Waals surface area contributed by atoms with Crippen LogP contribution in [0.4, 0.5) is 5.82 Å². The number of hydrogen-bond acceptors (Lipinski definition) is 6. The number of aliphatic carboxylic acids is 1. The second-order valence-corrected chi connectivity index (χ2v) is 4.72. The Hall–Kier alpha value is -1.93. The Morgan fingerprint density at radius 2 is 2.45 bits per heavy atom. The molecule has 2 heterocycles. The topological polar surface area (TPSA) is 108 Å². The van der Waals surface area contributed by atoms with E-state index in [1.165, 1.54) is 0 Å². The highest BCUT2D eigenvalue weighted by Gasteiger charge is 2.28. The van der Waals surface area contributed by atoms with Gasteiger partial charge in [0.2, 0.25) is 5.91 Å². The molecule has 110 valence electrons. The van der Waals surface area contributed by atoms with Gasteiger partial charge in [0.1, 0.15) is 11.8 Å². The molecule has 3 N–H and O–H groups in total. The van der Waals surface area contributed by atoms with Crippen molar-refractivity contribution in [2.24, 2.45) is 0 Å². The highest BCUT2D eigenvalue weighted by molar-refractivity contribution is 5.89. The van der Waals surface area contributed by atoms with Crippen LogP contribution >= 0.6 is 0 Å². The summed E-state index contributed by atoms with van der Waals surface area (Å²) in [6, 6.07) is 1.05. The summed E-state index contributed by atoms with van der Waals surface area (Å²) in [5.41, 5.74) is 0. The number of rotatable bonds is 5. The number of carboxylic acids is 1. The van der Waals surface area contributed by atoms with Gasteiger partial charge in [-0.25, -0.2) is 0 Å². The summed E-state index contributed by atoms with van der Waals surface area (Å²) in [7, 11) is 0. The lowest BCUT2D eigenvalue weighted by Crippen LogP contribution is -2.55. The van der Waals surface area contributed by atoms with Crippen LogP contribution in [0.25, 0.3) is 0 Å². The first-order chi connectivity index (χ1) is 9.56. The third-order valence-corrected chi connectivity index (χ3v) is 3.16. The Balaban J connectivity index is 1.81. The summed E-state index contributed by atoms with van der Waals surface area (Å²) in [5.74, 6) is -0.0818. The van der Waals surface area contributed by atoms with Crippen LogP contribution < -0.4 is 10.6 Å². The molecule has 1 atom stereocenters. The number of piperazine rings is 1. The molecule has 8 nitrogen and oxygen atoms in total. The van der Waals surface area contributed by atoms with E-state index < -0.39 is 12.0 Å². The minimum absolute atomic E-state index is 0.207. The number of carbonyl (C=O) groups excluding carboxylic acids is 1. The molecule has 0 aromatic carbocycles. The lowest BCUT2D eigenvalue weighted by molar-refractivity contribution is -0.144. The lowest BCUT2D eigenvalue weighted by atomic mass is 10.2. The van der Waals surface area contributed by atoms with Crippen LogP contribution in [-0.4, -0.2) is 59.3 Å². The molecule has 0 saturated carbocycles. The zero-order valence-electron chi connectivity index (χ0n) is 11.3. The predicted octanol–water partition coefficient (Wildman–Crippen LogP) is -0.330. The largest absolute Gasteiger partial charge is 0.480 e. The van der Waals surface area contributed by atoms with Crippen LogP contribution in [0.2, 0.25) is 0 Å². The molecule has 8 heteroatoms. The van der Waals surface area contributed by atoms with Crippen LogP contribution in [-0.2, 0) is 9.59 Å². The van der Waals surface area contributed by atoms with Gasteiger partial charge in [-0.1, -0.05) is 5.16 Å². The molecule has 20 heavy (non-hydrogen) atoms. The number of aromatic nitrogens is 1. The Morgan fingerprint density at radius 1 is 1.65 bits per heavy atom. The van der Waals surface area contributed by atoms with E-state index in [2.05, 4.69) is 15.8 Å². The predicted molar refractivity (Wildman–Crippen MR) is 70.4 cm³/mol. The van der Waals surface area contributed by atoms with Crippen molar-refractivity contribution < 1.29 is 19.2 Å². The fraction of sp³-hybridized carbons (Fsp3) is 0.583. The molecular formula is C12H18N4O4. The van der Waals surface area contributed by atoms with Gasteiger partial charge < -0.3 is 20.3 Å². The summed E-state index contributed by atoms with van der Waals surface area (Å²) < 4.78 is 4.85. The van der Waals surface area contributed by atoms with Crippen molar-refractivity contribution in [2.75, 3.05) is 31.5 Å². The van der Waals surface area contributed by atoms with E-state index in [0.717, 1.165) is 6.54 Å². The number of carbonyl (C=O) groups is 2. The lowest BCUT2D eigenvalue weighted by Gasteiger charge is -2.33. The Morgan fingerprint density at radius 3 is 3.10 bits per heavy atom. The Kier molecular flexibility index (Phi) is 4.70. The minimum atomic E-state index is -0.871. The first-order valence-electron chi connectivity index (χ1n) is 6.47. The maximum Gasteiger partial charge on any atom is 0.322 e. The van der Waals surface area contributed by atoms with E-state index in [1.807, 2.05) is 0 Å². The number of hydrogen-bond donors (Lipinski definition) is 3. The number of nitrogens with zero attached hydrogens (tertiary/aromatic N) is 2. The summed E-state index contributed by atoms with van der Waals surface area (Å²) >= 11 is 0. The summed E-state index contributed by atoms with van der Waals surface area (Å²) in [4.78, 5) is 24.7. The highest BCUT2D eigenvalue weighted by atomic mass is 16.5. The van der Waals surface area contributed by atoms with Crippen molar-refractivity contribution in [1.82, 2.24) is 15.4 Å². The molecule has 1 aromatic rings. The van der Waals surface area contributed by atoms with Gasteiger partial charge in [0, 0.05) is 38.7 Å². The summed E-state index contributed by atoms with van der Waals surface area (Å²) in [5, 5.41) is 18.4. The van der Waals surface area contributed by atoms with Crippen LogP contribution in [0.3, 0.4) is 0 Å². The molecule has 0 spiro atoms. The third-order valence-electron chi connectivity index (χ3n) is 3.16. The molecule has 0 aliphatic carbocycles. The van der Waals surface area contributed by atoms with Gasteiger partial charge in [-0.15, -0.1) is 0 Å². The second kappa shape index (κ2) is 6.49. The van der Waals surface area contributed by atoms with Crippen LogP contribution in [0, 0.1) is 6.92 Å². The minimum Gasteiger partial charge on any atom is -0.480 e. The van der Waals surface area contributed by atoms with Crippen LogP contribution in [0.1, 0.15) is 12.2 Å². The fourth-order valence-corrected chi connectivity index (χ4v) is 2.13. The average Bonchev–Trinajstić information content (AvgIpc) is 2.82. The summed E-state index contributed by atoms with van der Waals surface area (Å²) in [6.45, 7) is 3.89. The van der Waals surface area contributed by atoms with Crippen LogP contribution in [0.15, 0.2) is 10.6 Å². The standard InChI is InChI=1S/C12H18N4O4/c1-8-6-10(15-20-8)14-11(17)2-4-16-5-3-13-7-9(16)12(18)19/h6,9,13H,2-5,7H2,1H3,(H,18,19)(H,14,15,17). The molecule has 1 unspecified atom stereocenters. The molecule has 0 radical (unpaired) electrons. The molecule has 1 fully saturated rings. The maximum atomic E-state index is 11.8. The highest BCUT2D eigenvalue weighted by Crippen LogP contribution is 2.09. The molecule has 0 bridgehead atoms. The second-order valence-electron chi connectivity index (χ2n) is 4.72. The zero-order valence-corrected chi connectivity index (χ0v) is 11.3. The van der Waals surface area contributed by atoms with Crippen molar-refractivity contribution in [1.29, 1.82) is 0 Å². The zero-order chi connectivity index (χ0) is 14.5. The van der Waals surface area contributed by atoms with Crippen molar-refractivity contribution in [3.05, 3.63) is 11.8 Å². The molecular weight excluding hydrogens is 264 g/mol. The van der Waals surface area contributed by atoms with Gasteiger partial charge in [0.25, 0.3) is 0 Å². The van der Waals surface area contributed by atoms with E-state index >= 15 is 0 Å². The van der Waals surface area contributed by atoms with Crippen molar-refractivity contribution in [3.8, 4) is 0 Å².